The highest BCUT2D eigenvalue weighted by molar-refractivity contribution is 8.01. The zero-order valence-corrected chi connectivity index (χ0v) is 16.6. The number of hydrogen-bond donors (Lipinski definition) is 2. The molecule has 0 fully saturated rings. The third kappa shape index (κ3) is 5.63. The molecule has 0 saturated carbocycles. The molecule has 1 atom stereocenters. The zero-order chi connectivity index (χ0) is 19.1. The van der Waals surface area contributed by atoms with Crippen LogP contribution in [0.2, 0.25) is 0 Å². The number of rotatable bonds is 7. The quantitative estimate of drug-likeness (QED) is 0.751. The van der Waals surface area contributed by atoms with Gasteiger partial charge in [-0.25, -0.2) is 0 Å². The molecule has 2 aromatic carbocycles. The van der Waals surface area contributed by atoms with E-state index in [1.54, 1.807) is 0 Å². The fraction of sp³-hybridized carbons (Fsp3) is 0.333. The van der Waals surface area contributed by atoms with E-state index in [-0.39, 0.29) is 22.8 Å². The second-order valence-corrected chi connectivity index (χ2v) is 7.65. The number of anilines is 2. The highest BCUT2D eigenvalue weighted by Gasteiger charge is 2.17. The lowest BCUT2D eigenvalue weighted by molar-refractivity contribution is -0.115. The minimum absolute atomic E-state index is 0.0814. The molecule has 0 radical (unpaired) electrons. The van der Waals surface area contributed by atoms with Crippen molar-refractivity contribution in [1.29, 1.82) is 0 Å². The summed E-state index contributed by atoms with van der Waals surface area (Å²) in [5.41, 5.74) is 4.97. The van der Waals surface area contributed by atoms with Crippen LogP contribution in [0.4, 0.5) is 11.4 Å². The Kier molecular flexibility index (Phi) is 7.27. The van der Waals surface area contributed by atoms with Gasteiger partial charge in [-0.15, -0.1) is 11.8 Å². The Morgan fingerprint density at radius 2 is 1.73 bits per heavy atom. The number of para-hydroxylation sites is 1. The summed E-state index contributed by atoms with van der Waals surface area (Å²) in [6, 6.07) is 13.7. The van der Waals surface area contributed by atoms with Gasteiger partial charge in [0.1, 0.15) is 0 Å². The number of carbonyl (C=O) groups is 2. The van der Waals surface area contributed by atoms with Crippen LogP contribution in [0.5, 0.6) is 0 Å². The molecule has 138 valence electrons. The van der Waals surface area contributed by atoms with E-state index in [1.165, 1.54) is 11.8 Å². The third-order valence-electron chi connectivity index (χ3n) is 4.16. The minimum atomic E-state index is -0.317. The van der Waals surface area contributed by atoms with Gasteiger partial charge in [-0.05, 0) is 50.5 Å². The van der Waals surface area contributed by atoms with Crippen molar-refractivity contribution in [3.05, 3.63) is 59.2 Å². The lowest BCUT2D eigenvalue weighted by Crippen LogP contribution is -2.25. The maximum Gasteiger partial charge on any atom is 0.237 e. The number of carbonyl (C=O) groups excluding carboxylic acids is 2. The maximum atomic E-state index is 12.5. The van der Waals surface area contributed by atoms with Crippen molar-refractivity contribution in [2.45, 2.75) is 39.4 Å². The zero-order valence-electron chi connectivity index (χ0n) is 15.8. The topological polar surface area (TPSA) is 58.2 Å². The van der Waals surface area contributed by atoms with Crippen LogP contribution < -0.4 is 10.6 Å². The Hall–Kier alpha value is -2.27. The van der Waals surface area contributed by atoms with E-state index in [2.05, 4.69) is 17.6 Å². The molecule has 0 heterocycles. The van der Waals surface area contributed by atoms with Gasteiger partial charge >= 0.3 is 0 Å². The number of nitrogens with one attached hydrogen (secondary N) is 2. The van der Waals surface area contributed by atoms with Crippen molar-refractivity contribution in [3.63, 3.8) is 0 Å². The van der Waals surface area contributed by atoms with E-state index in [0.717, 1.165) is 34.5 Å². The summed E-state index contributed by atoms with van der Waals surface area (Å²) >= 11 is 1.33. The smallest absolute Gasteiger partial charge is 0.237 e. The first-order valence-corrected chi connectivity index (χ1v) is 9.83. The standard InChI is InChI=1S/C21H26N2O2S/c1-5-17-8-6-7-15(3)20(17)23-21(25)16(4)26-13-19(24)22-18-11-9-14(2)10-12-18/h6-12,16H,5,13H2,1-4H3,(H,22,24)(H,23,25). The van der Waals surface area contributed by atoms with E-state index in [9.17, 15) is 9.59 Å². The van der Waals surface area contributed by atoms with Gasteiger partial charge < -0.3 is 10.6 Å². The monoisotopic (exact) mass is 370 g/mol. The average molecular weight is 371 g/mol. The second kappa shape index (κ2) is 9.43. The Morgan fingerprint density at radius 1 is 1.04 bits per heavy atom. The number of benzene rings is 2. The predicted molar refractivity (Wildman–Crippen MR) is 111 cm³/mol. The van der Waals surface area contributed by atoms with Gasteiger partial charge in [0.05, 0.1) is 11.0 Å². The van der Waals surface area contributed by atoms with Gasteiger partial charge in [0, 0.05) is 11.4 Å². The van der Waals surface area contributed by atoms with Gasteiger partial charge in [-0.1, -0.05) is 42.8 Å². The van der Waals surface area contributed by atoms with E-state index in [0.29, 0.717) is 0 Å². The van der Waals surface area contributed by atoms with Crippen LogP contribution in [-0.4, -0.2) is 22.8 Å². The Bertz CT molecular complexity index is 772. The average Bonchev–Trinajstić information content (AvgIpc) is 2.63. The molecule has 4 nitrogen and oxygen atoms in total. The van der Waals surface area contributed by atoms with Crippen LogP contribution in [0.3, 0.4) is 0 Å². The van der Waals surface area contributed by atoms with E-state index >= 15 is 0 Å². The lowest BCUT2D eigenvalue weighted by atomic mass is 10.1. The van der Waals surface area contributed by atoms with E-state index in [1.807, 2.05) is 63.2 Å². The second-order valence-electron chi connectivity index (χ2n) is 6.32. The van der Waals surface area contributed by atoms with Crippen LogP contribution in [0.15, 0.2) is 42.5 Å². The number of hydrogen-bond acceptors (Lipinski definition) is 3. The van der Waals surface area contributed by atoms with Crippen molar-refractivity contribution in [1.82, 2.24) is 0 Å². The molecule has 1 unspecified atom stereocenters. The molecule has 26 heavy (non-hydrogen) atoms. The number of amides is 2. The normalized spacial score (nSPS) is 11.7. The molecular weight excluding hydrogens is 344 g/mol. The van der Waals surface area contributed by atoms with Gasteiger partial charge in [0.25, 0.3) is 0 Å². The minimum Gasteiger partial charge on any atom is -0.325 e. The third-order valence-corrected chi connectivity index (χ3v) is 5.30. The van der Waals surface area contributed by atoms with Gasteiger partial charge in [-0.2, -0.15) is 0 Å². The maximum absolute atomic E-state index is 12.5. The SMILES string of the molecule is CCc1cccc(C)c1NC(=O)C(C)SCC(=O)Nc1ccc(C)cc1. The molecular formula is C21H26N2O2S. The van der Waals surface area contributed by atoms with E-state index in [4.69, 9.17) is 0 Å². The summed E-state index contributed by atoms with van der Waals surface area (Å²) in [6.45, 7) is 7.88. The van der Waals surface area contributed by atoms with Crippen LogP contribution >= 0.6 is 11.8 Å². The Labute approximate surface area is 159 Å². The highest BCUT2D eigenvalue weighted by atomic mass is 32.2. The summed E-state index contributed by atoms with van der Waals surface area (Å²) in [6.07, 6.45) is 0.859. The molecule has 0 spiro atoms. The fourth-order valence-electron chi connectivity index (χ4n) is 2.54. The Balaban J connectivity index is 1.87. The first-order chi connectivity index (χ1) is 12.4. The summed E-state index contributed by atoms with van der Waals surface area (Å²) in [5, 5.41) is 5.55. The molecule has 2 aromatic rings. The summed E-state index contributed by atoms with van der Waals surface area (Å²) < 4.78 is 0. The van der Waals surface area contributed by atoms with Crippen molar-refractivity contribution >= 4 is 35.0 Å². The first-order valence-electron chi connectivity index (χ1n) is 8.78. The molecule has 0 aliphatic heterocycles. The molecule has 0 aromatic heterocycles. The van der Waals surface area contributed by atoms with Gasteiger partial charge in [0.2, 0.25) is 11.8 Å². The molecule has 2 rings (SSSR count). The van der Waals surface area contributed by atoms with Crippen molar-refractivity contribution < 1.29 is 9.59 Å². The summed E-state index contributed by atoms with van der Waals surface area (Å²) in [5.74, 6) is 0.0439. The summed E-state index contributed by atoms with van der Waals surface area (Å²) in [7, 11) is 0. The van der Waals surface area contributed by atoms with Crippen LogP contribution in [-0.2, 0) is 16.0 Å². The van der Waals surface area contributed by atoms with Crippen molar-refractivity contribution in [2.24, 2.45) is 0 Å². The number of thioether (sulfide) groups is 1. The molecule has 2 amide bonds. The number of aryl methyl sites for hydroxylation is 3. The Morgan fingerprint density at radius 3 is 2.38 bits per heavy atom. The first kappa shape index (κ1) is 20.0. The molecule has 0 aliphatic rings. The summed E-state index contributed by atoms with van der Waals surface area (Å²) in [4.78, 5) is 24.6. The molecule has 0 saturated heterocycles. The van der Waals surface area contributed by atoms with Gasteiger partial charge in [-0.3, -0.25) is 9.59 Å². The van der Waals surface area contributed by atoms with Crippen LogP contribution in [0.25, 0.3) is 0 Å². The van der Waals surface area contributed by atoms with Crippen LogP contribution in [0.1, 0.15) is 30.5 Å². The molecule has 0 aliphatic carbocycles. The molecule has 5 heteroatoms. The molecule has 2 N–H and O–H groups in total. The highest BCUT2D eigenvalue weighted by Crippen LogP contribution is 2.23. The van der Waals surface area contributed by atoms with E-state index < -0.39 is 0 Å². The van der Waals surface area contributed by atoms with Crippen LogP contribution in [0, 0.1) is 13.8 Å². The molecule has 0 bridgehead atoms. The predicted octanol–water partition coefficient (Wildman–Crippen LogP) is 4.56. The van der Waals surface area contributed by atoms with Crippen molar-refractivity contribution in [2.75, 3.05) is 16.4 Å². The van der Waals surface area contributed by atoms with Gasteiger partial charge in [0.15, 0.2) is 0 Å². The van der Waals surface area contributed by atoms with Crippen molar-refractivity contribution in [3.8, 4) is 0 Å². The fourth-order valence-corrected chi connectivity index (χ4v) is 3.22. The lowest BCUT2D eigenvalue weighted by Gasteiger charge is -2.16. The largest absolute Gasteiger partial charge is 0.325 e.